The number of carbonyl (C=O) groups is 1. The molecule has 0 radical (unpaired) electrons. The van der Waals surface area contributed by atoms with Crippen molar-refractivity contribution in [3.8, 4) is 0 Å². The van der Waals surface area contributed by atoms with E-state index in [0.29, 0.717) is 5.91 Å². The van der Waals surface area contributed by atoms with Crippen LogP contribution in [0, 0.1) is 0 Å². The SMILES string of the molecule is C[C@H](C(=O)N1CCCC1)N1CCN(C2CCCCC2)CC1. The molecule has 1 aliphatic carbocycles. The van der Waals surface area contributed by atoms with Gasteiger partial charge in [0.15, 0.2) is 0 Å². The molecule has 3 rings (SSSR count). The van der Waals surface area contributed by atoms with E-state index in [9.17, 15) is 4.79 Å². The van der Waals surface area contributed by atoms with Gasteiger partial charge in [-0.25, -0.2) is 0 Å². The van der Waals surface area contributed by atoms with E-state index in [4.69, 9.17) is 0 Å². The third-order valence-corrected chi connectivity index (χ3v) is 5.76. The molecule has 4 heteroatoms. The van der Waals surface area contributed by atoms with Crippen molar-refractivity contribution in [3.63, 3.8) is 0 Å². The smallest absolute Gasteiger partial charge is 0.239 e. The fourth-order valence-electron chi connectivity index (χ4n) is 4.29. The van der Waals surface area contributed by atoms with Crippen molar-refractivity contribution in [2.75, 3.05) is 39.3 Å². The van der Waals surface area contributed by atoms with E-state index in [1.807, 2.05) is 0 Å². The number of rotatable bonds is 3. The van der Waals surface area contributed by atoms with Gasteiger partial charge in [0.1, 0.15) is 0 Å². The minimum atomic E-state index is 0.0802. The summed E-state index contributed by atoms with van der Waals surface area (Å²) in [7, 11) is 0. The Morgan fingerprint density at radius 3 is 2.10 bits per heavy atom. The first-order valence-corrected chi connectivity index (χ1v) is 9.02. The molecule has 2 heterocycles. The van der Waals surface area contributed by atoms with E-state index in [0.717, 1.165) is 45.3 Å². The number of amides is 1. The van der Waals surface area contributed by atoms with Crippen molar-refractivity contribution in [2.45, 2.75) is 64.0 Å². The van der Waals surface area contributed by atoms with Crippen molar-refractivity contribution in [1.82, 2.24) is 14.7 Å². The molecule has 1 amide bonds. The molecular weight excluding hydrogens is 262 g/mol. The number of carbonyl (C=O) groups excluding carboxylic acids is 1. The van der Waals surface area contributed by atoms with Gasteiger partial charge in [-0.05, 0) is 32.6 Å². The Bertz CT molecular complexity index is 340. The predicted octanol–water partition coefficient (Wildman–Crippen LogP) is 1.95. The molecule has 120 valence electrons. The zero-order chi connectivity index (χ0) is 14.7. The molecule has 0 aromatic carbocycles. The van der Waals surface area contributed by atoms with Crippen molar-refractivity contribution in [1.29, 1.82) is 0 Å². The van der Waals surface area contributed by atoms with Crippen molar-refractivity contribution in [3.05, 3.63) is 0 Å². The Balaban J connectivity index is 1.47. The van der Waals surface area contributed by atoms with Gasteiger partial charge in [-0.15, -0.1) is 0 Å². The molecule has 2 aliphatic heterocycles. The molecule has 1 atom stereocenters. The van der Waals surface area contributed by atoms with E-state index in [1.54, 1.807) is 0 Å². The van der Waals surface area contributed by atoms with Crippen LogP contribution in [0.5, 0.6) is 0 Å². The first-order valence-electron chi connectivity index (χ1n) is 9.02. The maximum absolute atomic E-state index is 12.5. The fourth-order valence-corrected chi connectivity index (χ4v) is 4.29. The van der Waals surface area contributed by atoms with Gasteiger partial charge in [-0.2, -0.15) is 0 Å². The first-order chi connectivity index (χ1) is 10.3. The van der Waals surface area contributed by atoms with Crippen LogP contribution in [0.1, 0.15) is 51.9 Å². The van der Waals surface area contributed by atoms with Crippen LogP contribution in [-0.2, 0) is 4.79 Å². The quantitative estimate of drug-likeness (QED) is 0.796. The summed E-state index contributed by atoms with van der Waals surface area (Å²) in [6, 6.07) is 0.905. The summed E-state index contributed by atoms with van der Waals surface area (Å²) in [5.74, 6) is 0.360. The summed E-state index contributed by atoms with van der Waals surface area (Å²) in [4.78, 5) is 19.7. The topological polar surface area (TPSA) is 26.8 Å². The number of likely N-dealkylation sites (tertiary alicyclic amines) is 1. The maximum atomic E-state index is 12.5. The second-order valence-electron chi connectivity index (χ2n) is 7.07. The Labute approximate surface area is 129 Å². The highest BCUT2D eigenvalue weighted by molar-refractivity contribution is 5.81. The minimum absolute atomic E-state index is 0.0802. The predicted molar refractivity (Wildman–Crippen MR) is 85.3 cm³/mol. The third-order valence-electron chi connectivity index (χ3n) is 5.76. The monoisotopic (exact) mass is 293 g/mol. The van der Waals surface area contributed by atoms with E-state index < -0.39 is 0 Å². The second kappa shape index (κ2) is 7.10. The Morgan fingerprint density at radius 1 is 0.857 bits per heavy atom. The number of hydrogen-bond donors (Lipinski definition) is 0. The Morgan fingerprint density at radius 2 is 1.48 bits per heavy atom. The van der Waals surface area contributed by atoms with Gasteiger partial charge in [-0.3, -0.25) is 14.6 Å². The lowest BCUT2D eigenvalue weighted by Gasteiger charge is -2.42. The highest BCUT2D eigenvalue weighted by atomic mass is 16.2. The van der Waals surface area contributed by atoms with Gasteiger partial charge in [0.2, 0.25) is 5.91 Å². The van der Waals surface area contributed by atoms with Gasteiger partial charge in [0.25, 0.3) is 0 Å². The third kappa shape index (κ3) is 3.59. The molecule has 0 spiro atoms. The van der Waals surface area contributed by atoms with Crippen LogP contribution in [0.2, 0.25) is 0 Å². The van der Waals surface area contributed by atoms with Gasteiger partial charge in [0, 0.05) is 45.3 Å². The average Bonchev–Trinajstić information content (AvgIpc) is 3.09. The number of piperazine rings is 1. The largest absolute Gasteiger partial charge is 0.341 e. The second-order valence-corrected chi connectivity index (χ2v) is 7.07. The zero-order valence-corrected chi connectivity index (χ0v) is 13.6. The van der Waals surface area contributed by atoms with Crippen LogP contribution in [-0.4, -0.2) is 72.0 Å². The Hall–Kier alpha value is -0.610. The summed E-state index contributed by atoms with van der Waals surface area (Å²) in [5, 5.41) is 0. The summed E-state index contributed by atoms with van der Waals surface area (Å²) in [6.07, 6.45) is 9.41. The summed E-state index contributed by atoms with van der Waals surface area (Å²) >= 11 is 0. The van der Waals surface area contributed by atoms with E-state index in [2.05, 4.69) is 21.6 Å². The Kier molecular flexibility index (Phi) is 5.17. The van der Waals surface area contributed by atoms with Crippen LogP contribution in [0.25, 0.3) is 0 Å². The van der Waals surface area contributed by atoms with E-state index in [-0.39, 0.29) is 6.04 Å². The molecule has 0 aromatic heterocycles. The first kappa shape index (κ1) is 15.3. The fraction of sp³-hybridized carbons (Fsp3) is 0.941. The van der Waals surface area contributed by atoms with Crippen LogP contribution < -0.4 is 0 Å². The molecule has 2 saturated heterocycles. The zero-order valence-electron chi connectivity index (χ0n) is 13.6. The maximum Gasteiger partial charge on any atom is 0.239 e. The highest BCUT2D eigenvalue weighted by Crippen LogP contribution is 2.24. The highest BCUT2D eigenvalue weighted by Gasteiger charge is 2.31. The average molecular weight is 293 g/mol. The molecule has 1 saturated carbocycles. The lowest BCUT2D eigenvalue weighted by atomic mass is 9.93. The minimum Gasteiger partial charge on any atom is -0.341 e. The van der Waals surface area contributed by atoms with E-state index >= 15 is 0 Å². The van der Waals surface area contributed by atoms with Crippen LogP contribution in [0.3, 0.4) is 0 Å². The molecule has 0 N–H and O–H groups in total. The van der Waals surface area contributed by atoms with Crippen molar-refractivity contribution in [2.24, 2.45) is 0 Å². The van der Waals surface area contributed by atoms with Crippen LogP contribution >= 0.6 is 0 Å². The lowest BCUT2D eigenvalue weighted by molar-refractivity contribution is -0.136. The van der Waals surface area contributed by atoms with Crippen LogP contribution in [0.15, 0.2) is 0 Å². The standard InChI is InChI=1S/C17H31N3O/c1-15(17(21)20-9-5-6-10-20)18-11-13-19(14-12-18)16-7-3-2-4-8-16/h15-16H,2-14H2,1H3/t15-/m1/s1. The van der Waals surface area contributed by atoms with Crippen LogP contribution in [0.4, 0.5) is 0 Å². The normalized spacial score (nSPS) is 28.0. The van der Waals surface area contributed by atoms with Gasteiger partial charge in [-0.1, -0.05) is 19.3 Å². The molecule has 4 nitrogen and oxygen atoms in total. The van der Waals surface area contributed by atoms with Crippen molar-refractivity contribution >= 4 is 5.91 Å². The number of nitrogens with zero attached hydrogens (tertiary/aromatic N) is 3. The molecule has 0 unspecified atom stereocenters. The summed E-state index contributed by atoms with van der Waals surface area (Å²) in [6.45, 7) is 8.51. The molecule has 0 aromatic rings. The summed E-state index contributed by atoms with van der Waals surface area (Å²) in [5.41, 5.74) is 0. The summed E-state index contributed by atoms with van der Waals surface area (Å²) < 4.78 is 0. The van der Waals surface area contributed by atoms with Gasteiger partial charge in [0.05, 0.1) is 6.04 Å². The molecule has 3 fully saturated rings. The molecule has 3 aliphatic rings. The van der Waals surface area contributed by atoms with Crippen molar-refractivity contribution < 1.29 is 4.79 Å². The van der Waals surface area contributed by atoms with Gasteiger partial charge >= 0.3 is 0 Å². The van der Waals surface area contributed by atoms with Gasteiger partial charge < -0.3 is 4.90 Å². The number of hydrogen-bond acceptors (Lipinski definition) is 3. The van der Waals surface area contributed by atoms with E-state index in [1.165, 1.54) is 44.9 Å². The molecule has 21 heavy (non-hydrogen) atoms. The lowest BCUT2D eigenvalue weighted by Crippen LogP contribution is -2.56. The molecule has 0 bridgehead atoms. The molecular formula is C17H31N3O.